The summed E-state index contributed by atoms with van der Waals surface area (Å²) in [5, 5.41) is 15.4. The molecule has 2 aromatic carbocycles. The van der Waals surface area contributed by atoms with E-state index in [1.165, 1.54) is 7.05 Å². The van der Waals surface area contributed by atoms with Crippen LogP contribution in [0, 0.1) is 0 Å². The van der Waals surface area contributed by atoms with Crippen molar-refractivity contribution < 1.29 is 29.0 Å². The number of phenols is 1. The first-order valence-corrected chi connectivity index (χ1v) is 19.4. The molecule has 3 fully saturated rings. The average molecular weight is 775 g/mol. The van der Waals surface area contributed by atoms with Gasteiger partial charge in [-0.15, -0.1) is 0 Å². The molecule has 1 atom stereocenters. The van der Waals surface area contributed by atoms with E-state index in [2.05, 4.69) is 42.2 Å². The van der Waals surface area contributed by atoms with Crippen molar-refractivity contribution >= 4 is 35.4 Å². The third-order valence-corrected chi connectivity index (χ3v) is 10.8. The monoisotopic (exact) mass is 774 g/mol. The van der Waals surface area contributed by atoms with Gasteiger partial charge in [0.15, 0.2) is 0 Å². The Morgan fingerprint density at radius 1 is 0.857 bits per heavy atom. The second kappa shape index (κ2) is 20.1. The second-order valence-electron chi connectivity index (χ2n) is 14.3. The number of hydrogen-bond donors (Lipinski definition) is 5. The molecule has 4 aliphatic heterocycles. The van der Waals surface area contributed by atoms with Crippen molar-refractivity contribution in [3.63, 3.8) is 0 Å². The van der Waals surface area contributed by atoms with Crippen molar-refractivity contribution in [3.8, 4) is 5.75 Å². The number of fused-ring (bicyclic) bond motifs is 1. The van der Waals surface area contributed by atoms with Crippen LogP contribution in [0.15, 0.2) is 60.1 Å². The molecule has 4 aliphatic rings. The number of carbonyl (C=O) groups is 4. The molecule has 7 N–H and O–H groups in total. The summed E-state index contributed by atoms with van der Waals surface area (Å²) in [5.74, 6) is -0.686. The number of nitrogens with two attached hydrogens (primary N) is 2. The zero-order valence-corrected chi connectivity index (χ0v) is 32.9. The van der Waals surface area contributed by atoms with Gasteiger partial charge in [0.05, 0.1) is 30.0 Å². The maximum Gasteiger partial charge on any atom is 0.262 e. The van der Waals surface area contributed by atoms with E-state index in [4.69, 9.17) is 16.2 Å². The predicted octanol–water partition coefficient (Wildman–Crippen LogP) is 0.117. The number of allylic oxidation sites excluding steroid dienone is 1. The third kappa shape index (κ3) is 10.4. The Kier molecular flexibility index (Phi) is 15.1. The van der Waals surface area contributed by atoms with E-state index in [1.807, 2.05) is 18.2 Å². The molecule has 0 aromatic heterocycles. The second-order valence-corrected chi connectivity index (χ2v) is 14.3. The maximum absolute atomic E-state index is 13.2. The van der Waals surface area contributed by atoms with Crippen molar-refractivity contribution in [1.29, 1.82) is 0 Å². The van der Waals surface area contributed by atoms with E-state index in [-0.39, 0.29) is 18.6 Å². The summed E-state index contributed by atoms with van der Waals surface area (Å²) in [7, 11) is 5.34. The number of morpholine rings is 1. The van der Waals surface area contributed by atoms with Gasteiger partial charge in [0.1, 0.15) is 23.9 Å². The number of para-hydroxylation sites is 1. The Labute approximate surface area is 329 Å². The molecular weight excluding hydrogens is 717 g/mol. The molecule has 6 rings (SSSR count). The normalized spacial score (nSPS) is 19.5. The number of amides is 3. The fourth-order valence-electron chi connectivity index (χ4n) is 7.29. The number of hydrogen-bond acceptors (Lipinski definition) is 14. The van der Waals surface area contributed by atoms with Gasteiger partial charge in [-0.25, -0.2) is 0 Å². The third-order valence-electron chi connectivity index (χ3n) is 10.8. The van der Waals surface area contributed by atoms with E-state index in [0.29, 0.717) is 34.5 Å². The van der Waals surface area contributed by atoms with Gasteiger partial charge < -0.3 is 51.4 Å². The summed E-state index contributed by atoms with van der Waals surface area (Å²) in [6.45, 7) is 13.0. The van der Waals surface area contributed by atoms with Gasteiger partial charge in [-0.2, -0.15) is 0 Å². The van der Waals surface area contributed by atoms with Crippen LogP contribution < -0.4 is 27.0 Å². The lowest BCUT2D eigenvalue weighted by molar-refractivity contribution is -0.124. The number of aldehydes is 1. The minimum atomic E-state index is -0.999. The van der Waals surface area contributed by atoms with Gasteiger partial charge >= 0.3 is 0 Å². The number of imide groups is 1. The number of phenolic OH excluding ortho intramolecular Hbond substituents is 1. The predicted molar refractivity (Wildman–Crippen MR) is 216 cm³/mol. The molecule has 0 bridgehead atoms. The summed E-state index contributed by atoms with van der Waals surface area (Å²) < 4.78 is 5.41. The van der Waals surface area contributed by atoms with Gasteiger partial charge in [-0.1, -0.05) is 12.1 Å². The molecule has 304 valence electrons. The topological polar surface area (TPSA) is 193 Å². The van der Waals surface area contributed by atoms with E-state index in [1.54, 1.807) is 37.4 Å². The van der Waals surface area contributed by atoms with Crippen molar-refractivity contribution in [3.05, 3.63) is 76.7 Å². The van der Waals surface area contributed by atoms with Crippen LogP contribution in [0.4, 0.5) is 5.69 Å². The first-order chi connectivity index (χ1) is 27.1. The van der Waals surface area contributed by atoms with Gasteiger partial charge in [0.25, 0.3) is 11.8 Å². The van der Waals surface area contributed by atoms with Crippen LogP contribution in [0.5, 0.6) is 5.75 Å². The Morgan fingerprint density at radius 3 is 2.12 bits per heavy atom. The van der Waals surface area contributed by atoms with E-state index >= 15 is 0 Å². The standard InChI is InChI=1S/C24H33N5O5.C16H25N5O/c1-25-22(31)21(3-2-14-30)29-23(32)19-5-4-18(17-20(19)24(29)33)28-10-8-26(9-11-28)6-7-27-12-15-34-16-13-27;1-19-16(18)14(21-9-7-20(2)8-10-21)11-13(17)12-5-3-4-6-15(12)22/h4-5,14,17,21H,2-3,6-13,15-16H2,1H3,(H,25,31);3-6,11,19,22H,7-10,17-18H2,1-2H3/b;13-11-,16-14-. The lowest BCUT2D eigenvalue weighted by Gasteiger charge is -2.37. The highest BCUT2D eigenvalue weighted by molar-refractivity contribution is 6.23. The van der Waals surface area contributed by atoms with Gasteiger partial charge in [-0.3, -0.25) is 29.1 Å². The quantitative estimate of drug-likeness (QED) is 0.105. The number of rotatable bonds is 13. The Balaban J connectivity index is 0.000000236. The van der Waals surface area contributed by atoms with Crippen LogP contribution in [0.1, 0.15) is 39.1 Å². The van der Waals surface area contributed by atoms with Crippen LogP contribution in [-0.4, -0.2) is 173 Å². The number of ether oxygens (including phenoxy) is 1. The molecule has 0 radical (unpaired) electrons. The van der Waals surface area contributed by atoms with Crippen molar-refractivity contribution in [2.24, 2.45) is 11.5 Å². The first-order valence-electron chi connectivity index (χ1n) is 19.4. The zero-order chi connectivity index (χ0) is 40.2. The molecule has 16 nitrogen and oxygen atoms in total. The maximum atomic E-state index is 13.2. The summed E-state index contributed by atoms with van der Waals surface area (Å²) in [5.41, 5.74) is 15.7. The lowest BCUT2D eigenvalue weighted by atomic mass is 10.1. The fourth-order valence-corrected chi connectivity index (χ4v) is 7.29. The van der Waals surface area contributed by atoms with Crippen molar-refractivity contribution in [1.82, 2.24) is 35.1 Å². The number of likely N-dealkylation sites (N-methyl/N-ethyl adjacent to an activating group) is 2. The number of anilines is 1. The number of nitrogens with one attached hydrogen (secondary N) is 2. The number of carbonyl (C=O) groups excluding carboxylic acids is 4. The van der Waals surface area contributed by atoms with Crippen molar-refractivity contribution in [2.45, 2.75) is 18.9 Å². The number of piperazine rings is 2. The van der Waals surface area contributed by atoms with E-state index in [0.717, 1.165) is 108 Å². The van der Waals surface area contributed by atoms with Crippen LogP contribution in [0.3, 0.4) is 0 Å². The van der Waals surface area contributed by atoms with Gasteiger partial charge in [0, 0.05) is 116 Å². The van der Waals surface area contributed by atoms with E-state index in [9.17, 15) is 24.3 Å². The largest absolute Gasteiger partial charge is 0.507 e. The van der Waals surface area contributed by atoms with E-state index < -0.39 is 23.8 Å². The highest BCUT2D eigenvalue weighted by Crippen LogP contribution is 2.30. The van der Waals surface area contributed by atoms with Crippen LogP contribution in [-0.2, 0) is 14.3 Å². The number of aromatic hydroxyl groups is 1. The Morgan fingerprint density at radius 2 is 1.50 bits per heavy atom. The zero-order valence-electron chi connectivity index (χ0n) is 32.9. The lowest BCUT2D eigenvalue weighted by Crippen LogP contribution is -2.49. The Hall–Kier alpha value is -5.16. The van der Waals surface area contributed by atoms with Crippen LogP contribution >= 0.6 is 0 Å². The molecule has 0 spiro atoms. The molecule has 2 aromatic rings. The summed E-state index contributed by atoms with van der Waals surface area (Å²) in [4.78, 5) is 61.9. The summed E-state index contributed by atoms with van der Waals surface area (Å²) in [6.07, 6.45) is 2.71. The molecule has 0 aliphatic carbocycles. The molecule has 3 amide bonds. The van der Waals surface area contributed by atoms with Crippen molar-refractivity contribution in [2.75, 3.05) is 118 Å². The minimum absolute atomic E-state index is 0.0898. The van der Waals surface area contributed by atoms with Gasteiger partial charge in [0.2, 0.25) is 5.91 Å². The fraction of sp³-hybridized carbons (Fsp3) is 0.500. The molecule has 4 heterocycles. The molecule has 0 saturated carbocycles. The highest BCUT2D eigenvalue weighted by atomic mass is 16.5. The SMILES string of the molecule is CN/C(N)=C(/C=C(\N)c1ccccc1O)N1CCN(C)CC1.CNC(=O)C(CCC=O)N1C(=O)c2ccc(N3CCN(CCN4CCOCC4)CC3)cc2C1=O. The first kappa shape index (κ1) is 42.0. The number of benzene rings is 2. The molecule has 16 heteroatoms. The highest BCUT2D eigenvalue weighted by Gasteiger charge is 2.42. The average Bonchev–Trinajstić information content (AvgIpc) is 3.47. The Bertz CT molecular complexity index is 1750. The molecule has 1 unspecified atom stereocenters. The van der Waals surface area contributed by atoms with Gasteiger partial charge in [-0.05, 0) is 49.9 Å². The van der Waals surface area contributed by atoms with Crippen LogP contribution in [0.25, 0.3) is 5.70 Å². The summed E-state index contributed by atoms with van der Waals surface area (Å²) >= 11 is 0. The molecule has 3 saturated heterocycles. The van der Waals surface area contributed by atoms with Crippen LogP contribution in [0.2, 0.25) is 0 Å². The number of nitrogens with zero attached hydrogens (tertiary/aromatic N) is 6. The smallest absolute Gasteiger partial charge is 0.262 e. The summed E-state index contributed by atoms with van der Waals surface area (Å²) in [6, 6.07) is 11.3. The minimum Gasteiger partial charge on any atom is -0.507 e. The molecular formula is C40H58N10O6. The molecule has 56 heavy (non-hydrogen) atoms.